The monoisotopic (exact) mass is 338 g/mol. The topological polar surface area (TPSA) is 72.4 Å². The molecule has 1 aromatic carbocycles. The predicted octanol–water partition coefficient (Wildman–Crippen LogP) is 2.88. The number of aromatic nitrogens is 3. The Bertz CT molecular complexity index is 994. The van der Waals surface area contributed by atoms with E-state index in [0.29, 0.717) is 11.7 Å². The van der Waals surface area contributed by atoms with Gasteiger partial charge in [0.1, 0.15) is 5.76 Å². The Morgan fingerprint density at radius 2 is 2.04 bits per heavy atom. The second kappa shape index (κ2) is 6.37. The van der Waals surface area contributed by atoms with E-state index in [1.165, 1.54) is 11.8 Å². The van der Waals surface area contributed by atoms with E-state index in [2.05, 4.69) is 15.5 Å². The molecule has 0 fully saturated rings. The number of furan rings is 1. The highest BCUT2D eigenvalue weighted by Crippen LogP contribution is 2.22. The average Bonchev–Trinajstić information content (AvgIpc) is 3.27. The van der Waals surface area contributed by atoms with Crippen molar-refractivity contribution in [3.63, 3.8) is 0 Å². The van der Waals surface area contributed by atoms with E-state index in [4.69, 9.17) is 4.42 Å². The van der Waals surface area contributed by atoms with Crippen molar-refractivity contribution in [3.05, 3.63) is 60.6 Å². The zero-order chi connectivity index (χ0) is 16.4. The average molecular weight is 338 g/mol. The van der Waals surface area contributed by atoms with Crippen LogP contribution in [0.1, 0.15) is 5.76 Å². The summed E-state index contributed by atoms with van der Waals surface area (Å²) in [5.74, 6) is 0.922. The van der Waals surface area contributed by atoms with Crippen molar-refractivity contribution in [2.45, 2.75) is 11.7 Å². The first-order valence-electron chi connectivity index (χ1n) is 7.46. The number of hydrogen-bond donors (Lipinski definition) is 1. The number of nitrogens with one attached hydrogen (secondary N) is 1. The van der Waals surface area contributed by atoms with Crippen LogP contribution in [0.3, 0.4) is 0 Å². The number of hydrogen-bond acceptors (Lipinski definition) is 5. The standard InChI is InChI=1S/C17H14N4O2S/c22-16(18-10-13-5-3-9-23-13)11-24-17-20-19-15-8-7-12-4-1-2-6-14(12)21(15)17/h1-9H,10-11H2,(H,18,22). The maximum absolute atomic E-state index is 12.0. The highest BCUT2D eigenvalue weighted by atomic mass is 32.2. The highest BCUT2D eigenvalue weighted by Gasteiger charge is 2.11. The number of rotatable bonds is 5. The first-order chi connectivity index (χ1) is 11.8. The first kappa shape index (κ1) is 14.8. The van der Waals surface area contributed by atoms with Crippen LogP contribution < -0.4 is 5.32 Å². The van der Waals surface area contributed by atoms with Gasteiger partial charge in [-0.05, 0) is 35.7 Å². The number of thioether (sulfide) groups is 1. The van der Waals surface area contributed by atoms with Crippen LogP contribution in [0.4, 0.5) is 0 Å². The minimum absolute atomic E-state index is 0.0756. The number of carbonyl (C=O) groups excluding carboxylic acids is 1. The van der Waals surface area contributed by atoms with Crippen LogP contribution in [0.15, 0.2) is 64.4 Å². The number of nitrogens with zero attached hydrogens (tertiary/aromatic N) is 3. The number of fused-ring (bicyclic) bond motifs is 3. The van der Waals surface area contributed by atoms with Gasteiger partial charge in [-0.15, -0.1) is 10.2 Å². The molecule has 4 rings (SSSR count). The van der Waals surface area contributed by atoms with Gasteiger partial charge in [0.2, 0.25) is 5.91 Å². The molecule has 0 spiro atoms. The number of amides is 1. The van der Waals surface area contributed by atoms with Crippen LogP contribution in [0.5, 0.6) is 0 Å². The number of pyridine rings is 1. The molecule has 3 aromatic heterocycles. The lowest BCUT2D eigenvalue weighted by atomic mass is 10.2. The molecule has 0 aliphatic heterocycles. The van der Waals surface area contributed by atoms with Gasteiger partial charge in [-0.3, -0.25) is 9.20 Å². The molecule has 6 nitrogen and oxygen atoms in total. The highest BCUT2D eigenvalue weighted by molar-refractivity contribution is 7.99. The summed E-state index contributed by atoms with van der Waals surface area (Å²) in [7, 11) is 0. The van der Waals surface area contributed by atoms with Gasteiger partial charge >= 0.3 is 0 Å². The van der Waals surface area contributed by atoms with E-state index in [-0.39, 0.29) is 11.7 Å². The molecular weight excluding hydrogens is 324 g/mol. The summed E-state index contributed by atoms with van der Waals surface area (Å²) < 4.78 is 7.16. The fourth-order valence-corrected chi connectivity index (χ4v) is 3.27. The summed E-state index contributed by atoms with van der Waals surface area (Å²) in [5, 5.41) is 13.0. The number of benzene rings is 1. The summed E-state index contributed by atoms with van der Waals surface area (Å²) in [5.41, 5.74) is 1.80. The molecule has 0 aliphatic carbocycles. The molecular formula is C17H14N4O2S. The van der Waals surface area contributed by atoms with Gasteiger partial charge in [0.15, 0.2) is 10.8 Å². The van der Waals surface area contributed by atoms with Crippen LogP contribution in [0.25, 0.3) is 16.6 Å². The van der Waals surface area contributed by atoms with Crippen molar-refractivity contribution in [2.75, 3.05) is 5.75 Å². The maximum atomic E-state index is 12.0. The zero-order valence-electron chi connectivity index (χ0n) is 12.7. The molecule has 0 saturated heterocycles. The second-order valence-corrected chi connectivity index (χ2v) is 6.16. The minimum atomic E-state index is -0.0756. The molecule has 0 bridgehead atoms. The zero-order valence-corrected chi connectivity index (χ0v) is 13.5. The van der Waals surface area contributed by atoms with Gasteiger partial charge in [0.25, 0.3) is 0 Å². The minimum Gasteiger partial charge on any atom is -0.467 e. The molecule has 120 valence electrons. The lowest BCUT2D eigenvalue weighted by molar-refractivity contribution is -0.118. The summed E-state index contributed by atoms with van der Waals surface area (Å²) in [4.78, 5) is 12.0. The van der Waals surface area contributed by atoms with E-state index in [1.54, 1.807) is 12.3 Å². The summed E-state index contributed by atoms with van der Waals surface area (Å²) in [6, 6.07) is 15.6. The molecule has 0 unspecified atom stereocenters. The fourth-order valence-electron chi connectivity index (χ4n) is 2.49. The van der Waals surface area contributed by atoms with Crippen LogP contribution in [0.2, 0.25) is 0 Å². The van der Waals surface area contributed by atoms with E-state index in [9.17, 15) is 4.79 Å². The fraction of sp³-hybridized carbons (Fsp3) is 0.118. The van der Waals surface area contributed by atoms with E-state index in [0.717, 1.165) is 22.3 Å². The largest absolute Gasteiger partial charge is 0.467 e. The molecule has 0 radical (unpaired) electrons. The molecule has 7 heteroatoms. The molecule has 1 amide bonds. The van der Waals surface area contributed by atoms with Gasteiger partial charge in [0, 0.05) is 0 Å². The molecule has 4 aromatic rings. The Morgan fingerprint density at radius 1 is 1.12 bits per heavy atom. The summed E-state index contributed by atoms with van der Waals surface area (Å²) in [6.45, 7) is 0.385. The van der Waals surface area contributed by atoms with Gasteiger partial charge < -0.3 is 9.73 Å². The van der Waals surface area contributed by atoms with Crippen LogP contribution in [-0.4, -0.2) is 26.3 Å². The Morgan fingerprint density at radius 3 is 2.92 bits per heavy atom. The summed E-state index contributed by atoms with van der Waals surface area (Å²) >= 11 is 1.36. The molecule has 24 heavy (non-hydrogen) atoms. The SMILES string of the molecule is O=C(CSc1nnc2ccc3ccccc3n12)NCc1ccco1. The van der Waals surface area contributed by atoms with Crippen molar-refractivity contribution >= 4 is 34.2 Å². The third-order valence-corrected chi connectivity index (χ3v) is 4.55. The third-order valence-electron chi connectivity index (χ3n) is 3.62. The van der Waals surface area contributed by atoms with Crippen LogP contribution >= 0.6 is 11.8 Å². The first-order valence-corrected chi connectivity index (χ1v) is 8.44. The quantitative estimate of drug-likeness (QED) is 0.567. The molecule has 1 N–H and O–H groups in total. The second-order valence-electron chi connectivity index (χ2n) is 5.21. The number of carbonyl (C=O) groups is 1. The van der Waals surface area contributed by atoms with Crippen LogP contribution in [-0.2, 0) is 11.3 Å². The number of para-hydroxylation sites is 1. The molecule has 0 atom stereocenters. The van der Waals surface area contributed by atoms with E-state index in [1.807, 2.05) is 46.9 Å². The van der Waals surface area contributed by atoms with Crippen molar-refractivity contribution in [1.29, 1.82) is 0 Å². The molecule has 0 saturated carbocycles. The lowest BCUT2D eigenvalue weighted by Gasteiger charge is -2.05. The van der Waals surface area contributed by atoms with Gasteiger partial charge in [0.05, 0.1) is 24.1 Å². The van der Waals surface area contributed by atoms with Gasteiger partial charge in [-0.1, -0.05) is 30.0 Å². The Labute approximate surface area is 141 Å². The summed E-state index contributed by atoms with van der Waals surface area (Å²) in [6.07, 6.45) is 1.59. The van der Waals surface area contributed by atoms with Crippen molar-refractivity contribution in [2.24, 2.45) is 0 Å². The van der Waals surface area contributed by atoms with Crippen molar-refractivity contribution in [1.82, 2.24) is 19.9 Å². The van der Waals surface area contributed by atoms with Crippen LogP contribution in [0, 0.1) is 0 Å². The Hall–Kier alpha value is -2.80. The Kier molecular flexibility index (Phi) is 3.92. The Balaban J connectivity index is 1.50. The third kappa shape index (κ3) is 2.85. The normalized spacial score (nSPS) is 11.2. The smallest absolute Gasteiger partial charge is 0.230 e. The van der Waals surface area contributed by atoms with Gasteiger partial charge in [-0.2, -0.15) is 0 Å². The molecule has 3 heterocycles. The maximum Gasteiger partial charge on any atom is 0.230 e. The lowest BCUT2D eigenvalue weighted by Crippen LogP contribution is -2.24. The molecule has 0 aliphatic rings. The van der Waals surface area contributed by atoms with E-state index >= 15 is 0 Å². The predicted molar refractivity (Wildman–Crippen MR) is 91.8 cm³/mol. The van der Waals surface area contributed by atoms with Crippen molar-refractivity contribution < 1.29 is 9.21 Å². The van der Waals surface area contributed by atoms with E-state index < -0.39 is 0 Å². The van der Waals surface area contributed by atoms with Gasteiger partial charge in [-0.25, -0.2) is 0 Å². The van der Waals surface area contributed by atoms with Crippen molar-refractivity contribution in [3.8, 4) is 0 Å².